The van der Waals surface area contributed by atoms with E-state index in [9.17, 15) is 9.59 Å². The number of hydrogen-bond donors (Lipinski definition) is 2. The van der Waals surface area contributed by atoms with Crippen molar-refractivity contribution in [3.63, 3.8) is 0 Å². The topological polar surface area (TPSA) is 102 Å². The largest absolute Gasteiger partial charge is 0.476 e. The lowest BCUT2D eigenvalue weighted by Gasteiger charge is -2.07. The van der Waals surface area contributed by atoms with Crippen LogP contribution in [-0.2, 0) is 17.9 Å². The van der Waals surface area contributed by atoms with Crippen LogP contribution in [0, 0.1) is 0 Å². The first-order valence-electron chi connectivity index (χ1n) is 7.33. The first kappa shape index (κ1) is 16.9. The van der Waals surface area contributed by atoms with E-state index in [1.165, 1.54) is 16.9 Å². The summed E-state index contributed by atoms with van der Waals surface area (Å²) in [5, 5.41) is 19.6. The van der Waals surface area contributed by atoms with Crippen LogP contribution in [0.4, 0.5) is 5.69 Å². The van der Waals surface area contributed by atoms with Crippen molar-refractivity contribution in [3.05, 3.63) is 64.7 Å². The number of aromatic nitrogens is 4. The summed E-state index contributed by atoms with van der Waals surface area (Å²) in [6.07, 6.45) is 5.05. The van der Waals surface area contributed by atoms with Gasteiger partial charge in [0.1, 0.15) is 6.54 Å². The highest BCUT2D eigenvalue weighted by molar-refractivity contribution is 9.10. The number of anilines is 1. The molecule has 0 fully saturated rings. The van der Waals surface area contributed by atoms with Gasteiger partial charge in [0.2, 0.25) is 5.91 Å². The van der Waals surface area contributed by atoms with E-state index in [0.717, 1.165) is 10.0 Å². The predicted octanol–water partition coefficient (Wildman–Crippen LogP) is 2.23. The Morgan fingerprint density at radius 2 is 1.92 bits per heavy atom. The molecule has 0 aliphatic rings. The van der Waals surface area contributed by atoms with Crippen molar-refractivity contribution in [1.82, 2.24) is 19.6 Å². The van der Waals surface area contributed by atoms with E-state index >= 15 is 0 Å². The number of nitrogens with zero attached hydrogens (tertiary/aromatic N) is 4. The zero-order valence-electron chi connectivity index (χ0n) is 13.0. The molecular formula is C16H14BrN5O3. The first-order valence-corrected chi connectivity index (χ1v) is 8.12. The molecule has 0 bridgehead atoms. The number of carboxylic acid groups (broad SMARTS) is 1. The zero-order valence-corrected chi connectivity index (χ0v) is 14.5. The summed E-state index contributed by atoms with van der Waals surface area (Å²) in [4.78, 5) is 22.8. The Balaban J connectivity index is 1.56. The van der Waals surface area contributed by atoms with Crippen molar-refractivity contribution in [2.75, 3.05) is 5.32 Å². The molecule has 25 heavy (non-hydrogen) atoms. The van der Waals surface area contributed by atoms with Gasteiger partial charge in [-0.25, -0.2) is 4.79 Å². The molecule has 128 valence electrons. The number of carbonyl (C=O) groups is 2. The number of rotatable bonds is 6. The lowest BCUT2D eigenvalue weighted by atomic mass is 10.2. The number of hydrogen-bond acceptors (Lipinski definition) is 4. The highest BCUT2D eigenvalue weighted by Gasteiger charge is 2.09. The van der Waals surface area contributed by atoms with E-state index in [4.69, 9.17) is 5.11 Å². The Hall–Kier alpha value is -2.94. The highest BCUT2D eigenvalue weighted by Crippen LogP contribution is 2.12. The summed E-state index contributed by atoms with van der Waals surface area (Å²) in [5.74, 6) is -1.41. The van der Waals surface area contributed by atoms with Crippen LogP contribution < -0.4 is 5.32 Å². The fourth-order valence-corrected chi connectivity index (χ4v) is 2.54. The Morgan fingerprint density at radius 1 is 1.16 bits per heavy atom. The van der Waals surface area contributed by atoms with Crippen molar-refractivity contribution in [2.45, 2.75) is 13.1 Å². The second-order valence-electron chi connectivity index (χ2n) is 5.30. The molecular weight excluding hydrogens is 390 g/mol. The molecule has 1 aromatic carbocycles. The zero-order chi connectivity index (χ0) is 17.8. The van der Waals surface area contributed by atoms with E-state index in [1.54, 1.807) is 23.0 Å². The summed E-state index contributed by atoms with van der Waals surface area (Å²) in [6, 6.07) is 8.76. The molecule has 0 radical (unpaired) electrons. The number of halogens is 1. The summed E-state index contributed by atoms with van der Waals surface area (Å²) in [5.41, 5.74) is 1.61. The quantitative estimate of drug-likeness (QED) is 0.656. The molecule has 9 heteroatoms. The summed E-state index contributed by atoms with van der Waals surface area (Å²) in [7, 11) is 0. The van der Waals surface area contributed by atoms with Gasteiger partial charge >= 0.3 is 5.97 Å². The number of aromatic carboxylic acids is 1. The average molecular weight is 404 g/mol. The monoisotopic (exact) mass is 403 g/mol. The third kappa shape index (κ3) is 4.54. The normalized spacial score (nSPS) is 10.6. The molecule has 0 aliphatic heterocycles. The molecule has 2 heterocycles. The van der Waals surface area contributed by atoms with Crippen molar-refractivity contribution in [1.29, 1.82) is 0 Å². The SMILES string of the molecule is O=C(Cn1ccc(C(=O)O)n1)Nc1ccc(Cn2cc(Br)cn2)cc1. The Bertz CT molecular complexity index is 901. The van der Waals surface area contributed by atoms with Crippen molar-refractivity contribution in [3.8, 4) is 0 Å². The summed E-state index contributed by atoms with van der Waals surface area (Å²) >= 11 is 3.35. The van der Waals surface area contributed by atoms with Crippen LogP contribution in [0.25, 0.3) is 0 Å². The van der Waals surface area contributed by atoms with E-state index in [0.29, 0.717) is 12.2 Å². The van der Waals surface area contributed by atoms with Crippen molar-refractivity contribution >= 4 is 33.5 Å². The molecule has 3 rings (SSSR count). The molecule has 0 aliphatic carbocycles. The maximum absolute atomic E-state index is 12.0. The average Bonchev–Trinajstić information content (AvgIpc) is 3.18. The Kier molecular flexibility index (Phi) is 4.94. The van der Waals surface area contributed by atoms with Gasteiger partial charge in [0, 0.05) is 18.1 Å². The molecule has 2 N–H and O–H groups in total. The van der Waals surface area contributed by atoms with Gasteiger partial charge in [0.25, 0.3) is 0 Å². The molecule has 0 atom stereocenters. The van der Waals surface area contributed by atoms with Crippen LogP contribution in [-0.4, -0.2) is 36.5 Å². The minimum Gasteiger partial charge on any atom is -0.476 e. The summed E-state index contributed by atoms with van der Waals surface area (Å²) < 4.78 is 4.00. The van der Waals surface area contributed by atoms with Gasteiger partial charge in [-0.3, -0.25) is 14.2 Å². The minimum atomic E-state index is -1.13. The van der Waals surface area contributed by atoms with E-state index in [1.807, 2.05) is 18.3 Å². The van der Waals surface area contributed by atoms with Gasteiger partial charge in [0.15, 0.2) is 5.69 Å². The second kappa shape index (κ2) is 7.31. The molecule has 1 amide bonds. The Labute approximate surface area is 151 Å². The van der Waals surface area contributed by atoms with E-state index in [-0.39, 0.29) is 18.1 Å². The van der Waals surface area contributed by atoms with Crippen LogP contribution >= 0.6 is 15.9 Å². The molecule has 8 nitrogen and oxygen atoms in total. The van der Waals surface area contributed by atoms with Gasteiger partial charge < -0.3 is 10.4 Å². The molecule has 0 unspecified atom stereocenters. The van der Waals surface area contributed by atoms with Gasteiger partial charge in [-0.15, -0.1) is 0 Å². The van der Waals surface area contributed by atoms with Crippen LogP contribution in [0.15, 0.2) is 53.4 Å². The van der Waals surface area contributed by atoms with Crippen LogP contribution in [0.1, 0.15) is 16.1 Å². The predicted molar refractivity (Wildman–Crippen MR) is 93.3 cm³/mol. The maximum Gasteiger partial charge on any atom is 0.356 e. The van der Waals surface area contributed by atoms with Gasteiger partial charge in [-0.05, 0) is 39.7 Å². The Morgan fingerprint density at radius 3 is 2.52 bits per heavy atom. The second-order valence-corrected chi connectivity index (χ2v) is 6.22. The minimum absolute atomic E-state index is 0.0592. The van der Waals surface area contributed by atoms with E-state index in [2.05, 4.69) is 31.4 Å². The molecule has 0 spiro atoms. The summed E-state index contributed by atoms with van der Waals surface area (Å²) in [6.45, 7) is 0.571. The van der Waals surface area contributed by atoms with Gasteiger partial charge in [-0.1, -0.05) is 12.1 Å². The number of benzene rings is 1. The van der Waals surface area contributed by atoms with Crippen molar-refractivity contribution in [2.24, 2.45) is 0 Å². The number of amides is 1. The van der Waals surface area contributed by atoms with Gasteiger partial charge in [-0.2, -0.15) is 10.2 Å². The smallest absolute Gasteiger partial charge is 0.356 e. The lowest BCUT2D eigenvalue weighted by molar-refractivity contribution is -0.116. The molecule has 2 aromatic heterocycles. The van der Waals surface area contributed by atoms with Crippen LogP contribution in [0.2, 0.25) is 0 Å². The number of carbonyl (C=O) groups excluding carboxylic acids is 1. The van der Waals surface area contributed by atoms with Gasteiger partial charge in [0.05, 0.1) is 17.2 Å². The standard InChI is InChI=1S/C16H14BrN5O3/c17-12-7-18-22(9-12)8-11-1-3-13(4-2-11)19-15(23)10-21-6-5-14(20-21)16(24)25/h1-7,9H,8,10H2,(H,19,23)(H,24,25). The maximum atomic E-state index is 12.0. The van der Waals surface area contributed by atoms with Crippen LogP contribution in [0.3, 0.4) is 0 Å². The number of carboxylic acids is 1. The molecule has 3 aromatic rings. The first-order chi connectivity index (χ1) is 12.0. The van der Waals surface area contributed by atoms with Crippen LogP contribution in [0.5, 0.6) is 0 Å². The molecule has 0 saturated heterocycles. The molecule has 0 saturated carbocycles. The van der Waals surface area contributed by atoms with E-state index < -0.39 is 5.97 Å². The lowest BCUT2D eigenvalue weighted by Crippen LogP contribution is -2.19. The number of nitrogens with one attached hydrogen (secondary N) is 1. The fourth-order valence-electron chi connectivity index (χ4n) is 2.22. The highest BCUT2D eigenvalue weighted by atomic mass is 79.9. The fraction of sp³-hybridized carbons (Fsp3) is 0.125. The third-order valence-electron chi connectivity index (χ3n) is 3.35. The third-order valence-corrected chi connectivity index (χ3v) is 3.76. The van der Waals surface area contributed by atoms with Crippen molar-refractivity contribution < 1.29 is 14.7 Å².